The molecule has 0 aliphatic rings. The molecule has 0 heterocycles. The molecule has 19 heteroatoms. The molecule has 0 fully saturated rings. The van der Waals surface area contributed by atoms with Crippen molar-refractivity contribution >= 4 is 39.5 Å². The lowest BCUT2D eigenvalue weighted by molar-refractivity contribution is -0.161. The molecule has 0 amide bonds. The molecule has 2 unspecified atom stereocenters. The summed E-state index contributed by atoms with van der Waals surface area (Å²) in [5, 5.41) is 10.5. The number of hydrogen-bond acceptors (Lipinski definition) is 15. The Kier molecular flexibility index (Phi) is 61.4. The number of aliphatic hydroxyl groups is 1. The highest BCUT2D eigenvalue weighted by Crippen LogP contribution is 2.45. The van der Waals surface area contributed by atoms with Crippen molar-refractivity contribution in [2.75, 3.05) is 39.6 Å². The van der Waals surface area contributed by atoms with Crippen LogP contribution in [0.15, 0.2) is 0 Å². The summed E-state index contributed by atoms with van der Waals surface area (Å²) in [6.45, 7) is 4.85. The zero-order chi connectivity index (χ0) is 64.0. The van der Waals surface area contributed by atoms with Crippen LogP contribution in [0, 0.1) is 0 Å². The number of rotatable bonds is 69. The fourth-order valence-electron chi connectivity index (χ4n) is 10.3. The van der Waals surface area contributed by atoms with Crippen LogP contribution in [0.25, 0.3) is 0 Å². The van der Waals surface area contributed by atoms with Crippen molar-refractivity contribution in [1.82, 2.24) is 0 Å². The fourth-order valence-corrected chi connectivity index (χ4v) is 11.9. The highest BCUT2D eigenvalue weighted by molar-refractivity contribution is 7.47. The summed E-state index contributed by atoms with van der Waals surface area (Å²) in [4.78, 5) is 72.2. The average molecular weight is 1280 g/mol. The maximum atomic E-state index is 13.0. The van der Waals surface area contributed by atoms with Gasteiger partial charge in [-0.1, -0.05) is 304 Å². The summed E-state index contributed by atoms with van der Waals surface area (Å²) in [7, 11) is -9.88. The molecular formula is C68H132O17P2. The van der Waals surface area contributed by atoms with Gasteiger partial charge in [0.25, 0.3) is 0 Å². The Balaban J connectivity index is 5.16. The molecular weight excluding hydrogens is 1150 g/mol. The number of carbonyl (C=O) groups is 4. The Bertz CT molecular complexity index is 1670. The van der Waals surface area contributed by atoms with Crippen molar-refractivity contribution in [2.24, 2.45) is 0 Å². The molecule has 0 saturated carbocycles. The smallest absolute Gasteiger partial charge is 0.462 e. The first kappa shape index (κ1) is 85.1. The Morgan fingerprint density at radius 3 is 0.678 bits per heavy atom. The van der Waals surface area contributed by atoms with Gasteiger partial charge in [-0.2, -0.15) is 0 Å². The van der Waals surface area contributed by atoms with Crippen LogP contribution in [0.3, 0.4) is 0 Å². The largest absolute Gasteiger partial charge is 0.472 e. The quantitative estimate of drug-likeness (QED) is 0.0222. The Morgan fingerprint density at radius 2 is 0.460 bits per heavy atom. The summed E-state index contributed by atoms with van der Waals surface area (Å²) < 4.78 is 68.0. The SMILES string of the molecule is CCCCCCCCCCCCCCCCCCC(=O)O[C@H](COC(=O)CCCCCCCCCCCCCCCCC)COP(=O)(O)OC[C@@H](O)COP(=O)(O)OC[C@@H](COC(=O)CCCCCCC)OC(=O)CCCCCCCCCCCCC. The van der Waals surface area contributed by atoms with Gasteiger partial charge < -0.3 is 33.8 Å². The molecule has 516 valence electrons. The van der Waals surface area contributed by atoms with Crippen LogP contribution in [0.1, 0.15) is 355 Å². The average Bonchev–Trinajstić information content (AvgIpc) is 3.71. The van der Waals surface area contributed by atoms with Gasteiger partial charge in [0, 0.05) is 25.7 Å². The van der Waals surface area contributed by atoms with Gasteiger partial charge in [0.1, 0.15) is 19.3 Å². The second-order valence-corrected chi connectivity index (χ2v) is 27.5. The highest BCUT2D eigenvalue weighted by Gasteiger charge is 2.30. The molecule has 0 aliphatic heterocycles. The zero-order valence-corrected chi connectivity index (χ0v) is 57.8. The maximum Gasteiger partial charge on any atom is 0.472 e. The van der Waals surface area contributed by atoms with Crippen molar-refractivity contribution in [1.29, 1.82) is 0 Å². The molecule has 5 atom stereocenters. The van der Waals surface area contributed by atoms with E-state index in [-0.39, 0.29) is 25.7 Å². The molecule has 0 aromatic rings. The van der Waals surface area contributed by atoms with Gasteiger partial charge in [0.2, 0.25) is 0 Å². The summed E-state index contributed by atoms with van der Waals surface area (Å²) in [6.07, 6.45) is 50.2. The van der Waals surface area contributed by atoms with Gasteiger partial charge in [0.05, 0.1) is 26.4 Å². The van der Waals surface area contributed by atoms with E-state index in [4.69, 9.17) is 37.0 Å². The molecule has 0 radical (unpaired) electrons. The first-order valence-electron chi connectivity index (χ1n) is 35.8. The first-order valence-corrected chi connectivity index (χ1v) is 38.8. The molecule has 0 aromatic carbocycles. The molecule has 0 spiro atoms. The second-order valence-electron chi connectivity index (χ2n) is 24.6. The predicted octanol–water partition coefficient (Wildman–Crippen LogP) is 19.5. The van der Waals surface area contributed by atoms with Crippen LogP contribution in [-0.2, 0) is 65.4 Å². The number of unbranched alkanes of at least 4 members (excludes halogenated alkanes) is 43. The third-order valence-electron chi connectivity index (χ3n) is 15.9. The lowest BCUT2D eigenvalue weighted by Gasteiger charge is -2.21. The lowest BCUT2D eigenvalue weighted by Crippen LogP contribution is -2.30. The van der Waals surface area contributed by atoms with E-state index in [2.05, 4.69) is 27.7 Å². The Labute approximate surface area is 530 Å². The number of phosphoric acid groups is 2. The highest BCUT2D eigenvalue weighted by atomic mass is 31.2. The molecule has 17 nitrogen and oxygen atoms in total. The van der Waals surface area contributed by atoms with Crippen molar-refractivity contribution in [3.63, 3.8) is 0 Å². The fraction of sp³-hybridized carbons (Fsp3) is 0.941. The maximum absolute atomic E-state index is 13.0. The van der Waals surface area contributed by atoms with Crippen molar-refractivity contribution < 1.29 is 80.2 Å². The lowest BCUT2D eigenvalue weighted by atomic mass is 10.0. The van der Waals surface area contributed by atoms with Crippen LogP contribution in [-0.4, -0.2) is 96.7 Å². The predicted molar refractivity (Wildman–Crippen MR) is 349 cm³/mol. The van der Waals surface area contributed by atoms with Gasteiger partial charge in [-0.3, -0.25) is 37.3 Å². The molecule has 3 N–H and O–H groups in total. The molecule has 0 aliphatic carbocycles. The monoisotopic (exact) mass is 1280 g/mol. The number of ether oxygens (including phenoxy) is 4. The number of esters is 4. The van der Waals surface area contributed by atoms with E-state index in [0.29, 0.717) is 25.7 Å². The van der Waals surface area contributed by atoms with Gasteiger partial charge in [0.15, 0.2) is 12.2 Å². The van der Waals surface area contributed by atoms with Gasteiger partial charge in [-0.05, 0) is 25.7 Å². The molecule has 0 bridgehead atoms. The second kappa shape index (κ2) is 62.8. The van der Waals surface area contributed by atoms with E-state index in [9.17, 15) is 43.2 Å². The van der Waals surface area contributed by atoms with Crippen LogP contribution in [0.2, 0.25) is 0 Å². The summed E-state index contributed by atoms with van der Waals surface area (Å²) >= 11 is 0. The first-order chi connectivity index (χ1) is 42.2. The number of aliphatic hydroxyl groups excluding tert-OH is 1. The van der Waals surface area contributed by atoms with Crippen LogP contribution >= 0.6 is 15.6 Å². The summed E-state index contributed by atoms with van der Waals surface area (Å²) in [5.74, 6) is -2.13. The summed E-state index contributed by atoms with van der Waals surface area (Å²) in [5.41, 5.74) is 0. The molecule has 87 heavy (non-hydrogen) atoms. The van der Waals surface area contributed by atoms with E-state index >= 15 is 0 Å². The minimum atomic E-state index is -4.95. The van der Waals surface area contributed by atoms with Crippen molar-refractivity contribution in [2.45, 2.75) is 373 Å². The Morgan fingerprint density at radius 1 is 0.276 bits per heavy atom. The third kappa shape index (κ3) is 62.6. The van der Waals surface area contributed by atoms with Gasteiger partial charge >= 0.3 is 39.5 Å². The normalized spacial score (nSPS) is 14.1. The number of carbonyl (C=O) groups excluding carboxylic acids is 4. The minimum absolute atomic E-state index is 0.106. The number of hydrogen-bond donors (Lipinski definition) is 3. The molecule has 0 rings (SSSR count). The Hall–Kier alpha value is -1.94. The van der Waals surface area contributed by atoms with E-state index in [0.717, 1.165) is 96.3 Å². The topological polar surface area (TPSA) is 237 Å². The third-order valence-corrected chi connectivity index (χ3v) is 17.8. The van der Waals surface area contributed by atoms with E-state index < -0.39 is 97.5 Å². The summed E-state index contributed by atoms with van der Waals surface area (Å²) in [6, 6.07) is 0. The zero-order valence-electron chi connectivity index (χ0n) is 56.0. The van der Waals surface area contributed by atoms with E-state index in [1.54, 1.807) is 0 Å². The van der Waals surface area contributed by atoms with Gasteiger partial charge in [-0.25, -0.2) is 9.13 Å². The van der Waals surface area contributed by atoms with Crippen LogP contribution < -0.4 is 0 Å². The van der Waals surface area contributed by atoms with E-state index in [1.807, 2.05) is 0 Å². The number of phosphoric ester groups is 2. The van der Waals surface area contributed by atoms with Crippen LogP contribution in [0.4, 0.5) is 0 Å². The minimum Gasteiger partial charge on any atom is -0.462 e. The van der Waals surface area contributed by atoms with Gasteiger partial charge in [-0.15, -0.1) is 0 Å². The molecule has 0 saturated heterocycles. The van der Waals surface area contributed by atoms with E-state index in [1.165, 1.54) is 180 Å². The van der Waals surface area contributed by atoms with Crippen molar-refractivity contribution in [3.8, 4) is 0 Å². The standard InChI is InChI=1S/C68H132O17P2/c1-5-9-13-17-20-23-26-28-30-32-34-37-40-43-47-51-55-68(73)85-64(59-79-66(71)53-49-45-41-38-36-33-31-29-27-24-21-18-14-10-6-2)61-83-87(76,77)81-57-62(69)56-80-86(74,75)82-60-63(58-78-65(70)52-48-44-16-12-8-4)84-67(72)54-50-46-42-39-35-25-22-19-15-11-7-3/h62-64,69H,5-61H2,1-4H3,(H,74,75)(H,76,77)/t62-,63+,64+/m0/s1. The van der Waals surface area contributed by atoms with Crippen molar-refractivity contribution in [3.05, 3.63) is 0 Å². The molecule has 0 aromatic heterocycles. The van der Waals surface area contributed by atoms with Crippen LogP contribution in [0.5, 0.6) is 0 Å².